The second-order valence-electron chi connectivity index (χ2n) is 1.58. The van der Waals surface area contributed by atoms with Gasteiger partial charge in [0.1, 0.15) is 0 Å². The Morgan fingerprint density at radius 3 is 2.71 bits per heavy atom. The van der Waals surface area contributed by atoms with E-state index in [0.29, 0.717) is 0 Å². The second kappa shape index (κ2) is 1.46. The molecule has 2 nitrogen and oxygen atoms in total. The lowest BCUT2D eigenvalue weighted by Gasteiger charge is -1.98. The van der Waals surface area contributed by atoms with E-state index < -0.39 is 0 Å². The summed E-state index contributed by atoms with van der Waals surface area (Å²) in [6.45, 7) is 1.95. The van der Waals surface area contributed by atoms with E-state index in [9.17, 15) is 0 Å². The fraction of sp³-hybridized carbons (Fsp3) is 0.200. The summed E-state index contributed by atoms with van der Waals surface area (Å²) in [5.41, 5.74) is 1.05. The average molecular weight is 96.1 g/mol. The minimum atomic E-state index is 0.859. The highest BCUT2D eigenvalue weighted by molar-refractivity contribution is 5.92. The van der Waals surface area contributed by atoms with E-state index in [0.717, 1.165) is 10.7 Å². The Morgan fingerprint density at radius 2 is 2.57 bits per heavy atom. The average Bonchev–Trinajstić information content (AvgIpc) is 1.87. The Hall–Kier alpha value is -0.630. The van der Waals surface area contributed by atoms with Gasteiger partial charge in [0.15, 0.2) is 0 Å². The summed E-state index contributed by atoms with van der Waals surface area (Å²) in [4.78, 5) is 0. The number of hydrogen-bond acceptors (Lipinski definition) is 1. The third-order valence-electron chi connectivity index (χ3n) is 0.837. The van der Waals surface area contributed by atoms with Crippen molar-refractivity contribution in [2.75, 3.05) is 0 Å². The van der Waals surface area contributed by atoms with Gasteiger partial charge in [-0.25, -0.2) is 0 Å². The topological polar surface area (TPSA) is 16.8 Å². The summed E-state index contributed by atoms with van der Waals surface area (Å²) in [6.07, 6.45) is 3.84. The zero-order chi connectivity index (χ0) is 5.28. The van der Waals surface area contributed by atoms with Crippen LogP contribution < -0.4 is 5.01 Å². The third-order valence-corrected chi connectivity index (χ3v) is 0.837. The van der Waals surface area contributed by atoms with Crippen LogP contribution in [0.15, 0.2) is 17.4 Å². The standard InChI is InChI=1S/C5H8N2/c1-5-3-4-7(2)6-5/h3-4,7H,2H2,1H3. The molecule has 38 valence electrons. The van der Waals surface area contributed by atoms with Crippen molar-refractivity contribution >= 4 is 5.71 Å². The molecule has 0 saturated carbocycles. The van der Waals surface area contributed by atoms with Crippen molar-refractivity contribution in [2.45, 2.75) is 6.92 Å². The van der Waals surface area contributed by atoms with E-state index in [1.165, 1.54) is 0 Å². The molecule has 1 aliphatic heterocycles. The molecule has 7 heavy (non-hydrogen) atoms. The van der Waals surface area contributed by atoms with Crippen molar-refractivity contribution in [1.29, 1.82) is 0 Å². The van der Waals surface area contributed by atoms with E-state index in [2.05, 4.69) is 12.1 Å². The van der Waals surface area contributed by atoms with Crippen molar-refractivity contribution < 1.29 is 5.01 Å². The van der Waals surface area contributed by atoms with Gasteiger partial charge in [-0.05, 0) is 6.92 Å². The van der Waals surface area contributed by atoms with E-state index in [4.69, 9.17) is 0 Å². The smallest absolute Gasteiger partial charge is 0.0955 e. The van der Waals surface area contributed by atoms with Crippen LogP contribution in [0.3, 0.4) is 0 Å². The second-order valence-corrected chi connectivity index (χ2v) is 1.58. The largest absolute Gasteiger partial charge is 0.312 e. The maximum absolute atomic E-state index is 4.00. The predicted octanol–water partition coefficient (Wildman–Crippen LogP) is -0.434. The molecule has 1 atom stereocenters. The molecule has 1 N–H and O–H groups in total. The van der Waals surface area contributed by atoms with Crippen molar-refractivity contribution in [3.8, 4) is 0 Å². The van der Waals surface area contributed by atoms with Gasteiger partial charge < -0.3 is 5.01 Å². The maximum atomic E-state index is 4.00. The van der Waals surface area contributed by atoms with E-state index in [1.54, 1.807) is 0 Å². The molecule has 0 spiro atoms. The molecule has 1 unspecified atom stereocenters. The number of nitrogens with one attached hydrogen (secondary N) is 1. The molecule has 1 rings (SSSR count). The Labute approximate surface area is 43.1 Å². The summed E-state index contributed by atoms with van der Waals surface area (Å²) in [5, 5.41) is 4.86. The summed E-state index contributed by atoms with van der Waals surface area (Å²) < 4.78 is 0. The van der Waals surface area contributed by atoms with Gasteiger partial charge in [0.25, 0.3) is 0 Å². The molecule has 2 heteroatoms. The first-order valence-electron chi connectivity index (χ1n) is 2.21. The minimum absolute atomic E-state index is 0.859. The van der Waals surface area contributed by atoms with Crippen LogP contribution in [0.2, 0.25) is 0 Å². The molecule has 1 heterocycles. The van der Waals surface area contributed by atoms with Gasteiger partial charge in [0, 0.05) is 6.08 Å². The number of quaternary nitrogens is 1. The highest BCUT2D eigenvalue weighted by Crippen LogP contribution is 1.77. The molecular formula is C5H8N2. The SMILES string of the molecule is [CH2-][NH+]1C=CC(C)=N1. The van der Waals surface area contributed by atoms with Crippen LogP contribution in [0.25, 0.3) is 0 Å². The zero-order valence-electron chi connectivity index (χ0n) is 4.31. The van der Waals surface area contributed by atoms with Crippen LogP contribution in [0.4, 0.5) is 0 Å². The molecule has 0 aromatic carbocycles. The van der Waals surface area contributed by atoms with Gasteiger partial charge in [-0.15, -0.1) is 12.1 Å². The molecule has 0 fully saturated rings. The lowest BCUT2D eigenvalue weighted by molar-refractivity contribution is -0.801. The summed E-state index contributed by atoms with van der Waals surface area (Å²) in [7, 11) is 3.63. The summed E-state index contributed by atoms with van der Waals surface area (Å²) in [6, 6.07) is 0. The van der Waals surface area contributed by atoms with E-state index in [-0.39, 0.29) is 0 Å². The normalized spacial score (nSPS) is 28.3. The summed E-state index contributed by atoms with van der Waals surface area (Å²) in [5.74, 6) is 0. The predicted molar refractivity (Wildman–Crippen MR) is 28.6 cm³/mol. The minimum Gasteiger partial charge on any atom is -0.312 e. The number of allylic oxidation sites excluding steroid dienone is 1. The van der Waals surface area contributed by atoms with Crippen molar-refractivity contribution in [3.63, 3.8) is 0 Å². The van der Waals surface area contributed by atoms with Crippen LogP contribution in [0.5, 0.6) is 0 Å². The fourth-order valence-electron chi connectivity index (χ4n) is 0.518. The first kappa shape index (κ1) is 4.53. The molecule has 0 saturated heterocycles. The van der Waals surface area contributed by atoms with Gasteiger partial charge >= 0.3 is 0 Å². The van der Waals surface area contributed by atoms with Crippen LogP contribution in [0.1, 0.15) is 6.92 Å². The first-order valence-corrected chi connectivity index (χ1v) is 2.21. The van der Waals surface area contributed by atoms with E-state index >= 15 is 0 Å². The van der Waals surface area contributed by atoms with Crippen molar-refractivity contribution in [2.24, 2.45) is 5.10 Å². The number of nitrogens with zero attached hydrogens (tertiary/aromatic N) is 1. The third kappa shape index (κ3) is 0.871. The Balaban J connectivity index is 2.69. The Kier molecular flexibility index (Phi) is 0.947. The zero-order valence-corrected chi connectivity index (χ0v) is 4.31. The van der Waals surface area contributed by atoms with Gasteiger partial charge in [0.05, 0.1) is 11.9 Å². The molecule has 0 amide bonds. The van der Waals surface area contributed by atoms with Crippen molar-refractivity contribution in [1.82, 2.24) is 0 Å². The lowest BCUT2D eigenvalue weighted by Crippen LogP contribution is -2.95. The molecule has 0 radical (unpaired) electrons. The molecule has 1 aliphatic rings. The lowest BCUT2D eigenvalue weighted by atomic mass is 10.4. The first-order chi connectivity index (χ1) is 3.29. The molecule has 0 bridgehead atoms. The highest BCUT2D eigenvalue weighted by Gasteiger charge is 1.95. The van der Waals surface area contributed by atoms with Gasteiger partial charge in [-0.2, -0.15) is 0 Å². The van der Waals surface area contributed by atoms with Crippen LogP contribution >= 0.6 is 0 Å². The highest BCUT2D eigenvalue weighted by atomic mass is 15.4. The maximum Gasteiger partial charge on any atom is 0.0955 e. The van der Waals surface area contributed by atoms with E-state index in [1.807, 2.05) is 19.2 Å². The molecule has 0 aromatic heterocycles. The van der Waals surface area contributed by atoms with Gasteiger partial charge in [-0.1, -0.05) is 0 Å². The van der Waals surface area contributed by atoms with Crippen LogP contribution in [-0.2, 0) is 0 Å². The molecule has 0 aromatic rings. The van der Waals surface area contributed by atoms with Crippen molar-refractivity contribution in [3.05, 3.63) is 19.3 Å². The van der Waals surface area contributed by atoms with Gasteiger partial charge in [0.2, 0.25) is 0 Å². The van der Waals surface area contributed by atoms with Gasteiger partial charge in [-0.3, -0.25) is 0 Å². The Bertz CT molecular complexity index is 124. The monoisotopic (exact) mass is 96.1 g/mol. The van der Waals surface area contributed by atoms with Crippen LogP contribution in [-0.4, -0.2) is 5.71 Å². The molecular weight excluding hydrogens is 88.1 g/mol. The van der Waals surface area contributed by atoms with Crippen LogP contribution in [0, 0.1) is 7.05 Å². The Morgan fingerprint density at radius 1 is 1.86 bits per heavy atom. The quantitative estimate of drug-likeness (QED) is 0.394. The summed E-state index contributed by atoms with van der Waals surface area (Å²) >= 11 is 0. The number of rotatable bonds is 0. The molecule has 0 aliphatic carbocycles. The number of hydrogen-bond donors (Lipinski definition) is 1. The fourth-order valence-corrected chi connectivity index (χ4v) is 0.518.